The van der Waals surface area contributed by atoms with E-state index >= 15 is 0 Å². The van der Waals surface area contributed by atoms with Crippen LogP contribution in [0.5, 0.6) is 11.5 Å². The topological polar surface area (TPSA) is 285 Å². The van der Waals surface area contributed by atoms with Gasteiger partial charge in [0, 0.05) is 55.7 Å². The Labute approximate surface area is 373 Å². The summed E-state index contributed by atoms with van der Waals surface area (Å²) in [4.78, 5) is 63.8. The van der Waals surface area contributed by atoms with Gasteiger partial charge >= 0.3 is 0 Å². The first kappa shape index (κ1) is 43.9. The Hall–Kier alpha value is -7.71. The minimum atomic E-state index is -0.674. The molecule has 0 radical (unpaired) electrons. The van der Waals surface area contributed by atoms with Crippen molar-refractivity contribution < 1.29 is 28.7 Å². The standard InChI is InChI=1S/C44H53N15O6/c1-5-58-32(18-24(3)54-58)41(62)51-43-49-30-20-27(39(46)60)22-34-36(30)56(43)14-7-8-15-57-37-31(50-44(57)52-42(63)33-19-25(4)55-59(33)6-2)21-28(23-35(37)65-17-9-16-64-34)40(61)48-29-12-10-26(11-13-29)38(45)53-47/h7-8,18-23,26,29H,5-6,9-17,47H2,1-4H3,(H2,45,53)(H2,46,60)(H,48,61)(H,49,51,62)(H,50,52,63)/b8-7+/t26-,29-. The average molecular weight is 888 g/mol. The van der Waals surface area contributed by atoms with Gasteiger partial charge in [-0.05, 0) is 89.8 Å². The molecule has 1 saturated carbocycles. The molecule has 9 N–H and O–H groups in total. The van der Waals surface area contributed by atoms with Crippen LogP contribution in [-0.2, 0) is 26.2 Å². The van der Waals surface area contributed by atoms with Crippen molar-refractivity contribution in [2.75, 3.05) is 23.8 Å². The van der Waals surface area contributed by atoms with Crippen LogP contribution in [0, 0.1) is 19.8 Å². The van der Waals surface area contributed by atoms with E-state index in [4.69, 9.17) is 36.8 Å². The Bertz CT molecular complexity index is 2870. The van der Waals surface area contributed by atoms with E-state index in [0.29, 0.717) is 100 Å². The van der Waals surface area contributed by atoms with Crippen molar-refractivity contribution in [1.29, 1.82) is 0 Å². The summed E-state index contributed by atoms with van der Waals surface area (Å²) in [7, 11) is 0. The molecule has 8 rings (SSSR count). The number of hydrogen-bond donors (Lipinski definition) is 6. The van der Waals surface area contributed by atoms with Crippen molar-refractivity contribution in [3.05, 3.63) is 82.5 Å². The first-order chi connectivity index (χ1) is 31.3. The van der Waals surface area contributed by atoms with Gasteiger partial charge in [0.05, 0.1) is 35.6 Å². The highest BCUT2D eigenvalue weighted by Crippen LogP contribution is 2.34. The van der Waals surface area contributed by atoms with Crippen molar-refractivity contribution in [3.8, 4) is 11.5 Å². The van der Waals surface area contributed by atoms with Crippen molar-refractivity contribution >= 4 is 63.4 Å². The van der Waals surface area contributed by atoms with Gasteiger partial charge in [0.15, 0.2) is 0 Å². The second-order valence-corrected chi connectivity index (χ2v) is 16.1. The number of rotatable bonds is 10. The molecule has 0 atom stereocenters. The summed E-state index contributed by atoms with van der Waals surface area (Å²) in [6.45, 7) is 9.05. The Morgan fingerprint density at radius 3 is 1.68 bits per heavy atom. The van der Waals surface area contributed by atoms with Crippen LogP contribution in [0.1, 0.15) is 99.0 Å². The van der Waals surface area contributed by atoms with Crippen molar-refractivity contribution in [3.63, 3.8) is 0 Å². The number of imidazole rings is 2. The Kier molecular flexibility index (Phi) is 12.5. The van der Waals surface area contributed by atoms with E-state index in [1.54, 1.807) is 50.3 Å². The third-order valence-electron chi connectivity index (χ3n) is 11.7. The number of amidine groups is 1. The third kappa shape index (κ3) is 9.06. The van der Waals surface area contributed by atoms with Crippen LogP contribution < -0.4 is 42.7 Å². The summed E-state index contributed by atoms with van der Waals surface area (Å²) in [5.41, 5.74) is 16.2. The molecule has 4 amide bonds. The highest BCUT2D eigenvalue weighted by atomic mass is 16.5. The molecule has 4 aromatic heterocycles. The molecule has 6 aromatic rings. The maximum atomic E-state index is 13.9. The summed E-state index contributed by atoms with van der Waals surface area (Å²) >= 11 is 0. The molecule has 1 aliphatic carbocycles. The average Bonchev–Trinajstić information content (AvgIpc) is 4.06. The van der Waals surface area contributed by atoms with Crippen LogP contribution in [0.25, 0.3) is 22.1 Å². The number of nitrogens with zero attached hydrogens (tertiary/aromatic N) is 9. The third-order valence-corrected chi connectivity index (χ3v) is 11.7. The number of allylic oxidation sites excluding steroid dienone is 2. The normalized spacial score (nSPS) is 17.4. The van der Waals surface area contributed by atoms with Gasteiger partial charge in [0.1, 0.15) is 39.8 Å². The van der Waals surface area contributed by atoms with Gasteiger partial charge in [-0.2, -0.15) is 15.3 Å². The lowest BCUT2D eigenvalue weighted by Crippen LogP contribution is -2.40. The monoisotopic (exact) mass is 887 g/mol. The van der Waals surface area contributed by atoms with Gasteiger partial charge in [-0.3, -0.25) is 39.2 Å². The zero-order valence-electron chi connectivity index (χ0n) is 36.8. The Morgan fingerprint density at radius 2 is 1.20 bits per heavy atom. The fraction of sp³-hybridized carbons (Fsp3) is 0.386. The number of carbonyl (C=O) groups is 4. The van der Waals surface area contributed by atoms with Gasteiger partial charge in [-0.25, -0.2) is 9.97 Å². The van der Waals surface area contributed by atoms with E-state index in [9.17, 15) is 19.2 Å². The predicted octanol–water partition coefficient (Wildman–Crippen LogP) is 3.98. The fourth-order valence-electron chi connectivity index (χ4n) is 8.46. The quantitative estimate of drug-likeness (QED) is 0.0375. The van der Waals surface area contributed by atoms with Crippen molar-refractivity contribution in [1.82, 2.24) is 44.0 Å². The first-order valence-corrected chi connectivity index (χ1v) is 21.7. The van der Waals surface area contributed by atoms with Crippen molar-refractivity contribution in [2.24, 2.45) is 28.3 Å². The second-order valence-electron chi connectivity index (χ2n) is 16.1. The highest BCUT2D eigenvalue weighted by Gasteiger charge is 2.28. The molecule has 2 aromatic carbocycles. The molecule has 0 bridgehead atoms. The van der Waals surface area contributed by atoms with E-state index in [0.717, 1.165) is 12.8 Å². The Balaban J connectivity index is 1.18. The maximum absolute atomic E-state index is 13.9. The van der Waals surface area contributed by atoms with E-state index in [2.05, 4.69) is 31.2 Å². The summed E-state index contributed by atoms with van der Waals surface area (Å²) in [6.07, 6.45) is 7.02. The summed E-state index contributed by atoms with van der Waals surface area (Å²) in [6, 6.07) is 9.81. The number of benzene rings is 2. The number of aryl methyl sites for hydroxylation is 4. The van der Waals surface area contributed by atoms with Crippen LogP contribution in [0.3, 0.4) is 0 Å². The number of hydrazone groups is 1. The molecule has 2 aliphatic rings. The molecular weight excluding hydrogens is 835 g/mol. The number of anilines is 2. The molecule has 340 valence electrons. The van der Waals surface area contributed by atoms with Crippen LogP contribution in [0.15, 0.2) is 53.7 Å². The number of nitrogens with two attached hydrogens (primary N) is 3. The van der Waals surface area contributed by atoms with E-state index < -0.39 is 17.7 Å². The van der Waals surface area contributed by atoms with Crippen LogP contribution in [0.4, 0.5) is 11.9 Å². The smallest absolute Gasteiger partial charge is 0.276 e. The molecular formula is C44H53N15O6. The largest absolute Gasteiger partial charge is 0.491 e. The lowest BCUT2D eigenvalue weighted by atomic mass is 9.85. The van der Waals surface area contributed by atoms with Crippen LogP contribution >= 0.6 is 0 Å². The number of ether oxygens (including phenoxy) is 2. The van der Waals surface area contributed by atoms with Gasteiger partial charge < -0.3 is 41.2 Å². The molecule has 0 spiro atoms. The summed E-state index contributed by atoms with van der Waals surface area (Å²) in [5.74, 6) is 5.21. The lowest BCUT2D eigenvalue weighted by Gasteiger charge is -2.28. The minimum Gasteiger partial charge on any atom is -0.491 e. The summed E-state index contributed by atoms with van der Waals surface area (Å²) in [5, 5.41) is 21.6. The zero-order valence-corrected chi connectivity index (χ0v) is 36.8. The molecule has 21 heteroatoms. The number of aromatic nitrogens is 8. The second kappa shape index (κ2) is 18.6. The van der Waals surface area contributed by atoms with E-state index in [-0.39, 0.29) is 61.6 Å². The molecule has 0 saturated heterocycles. The summed E-state index contributed by atoms with van der Waals surface area (Å²) < 4.78 is 19.6. The fourth-order valence-corrected chi connectivity index (χ4v) is 8.46. The number of primary amides is 1. The number of carbonyl (C=O) groups excluding carboxylic acids is 4. The number of amides is 4. The Morgan fingerprint density at radius 1 is 0.708 bits per heavy atom. The molecule has 1 fully saturated rings. The van der Waals surface area contributed by atoms with Crippen molar-refractivity contribution in [2.45, 2.75) is 92.0 Å². The molecule has 5 heterocycles. The minimum absolute atomic E-state index is 0.0683. The van der Waals surface area contributed by atoms with Gasteiger partial charge in [0.2, 0.25) is 17.8 Å². The molecule has 1 aliphatic heterocycles. The van der Waals surface area contributed by atoms with E-state index in [1.165, 1.54) is 0 Å². The predicted molar refractivity (Wildman–Crippen MR) is 243 cm³/mol. The first-order valence-electron chi connectivity index (χ1n) is 21.7. The number of nitrogens with one attached hydrogen (secondary N) is 3. The van der Waals surface area contributed by atoms with Gasteiger partial charge in [-0.1, -0.05) is 12.2 Å². The van der Waals surface area contributed by atoms with Gasteiger partial charge in [0.25, 0.3) is 17.7 Å². The molecule has 65 heavy (non-hydrogen) atoms. The zero-order chi connectivity index (χ0) is 45.9. The highest BCUT2D eigenvalue weighted by molar-refractivity contribution is 6.05. The number of hydrogen-bond acceptors (Lipinski definition) is 12. The molecule has 21 nitrogen and oxygen atoms in total. The lowest BCUT2D eigenvalue weighted by molar-refractivity contribution is 0.0923. The van der Waals surface area contributed by atoms with E-state index in [1.807, 2.05) is 44.4 Å². The van der Waals surface area contributed by atoms with Gasteiger partial charge in [-0.15, -0.1) is 0 Å². The van der Waals surface area contributed by atoms with Crippen LogP contribution in [-0.4, -0.2) is 87.4 Å². The van der Waals surface area contributed by atoms with Crippen LogP contribution in [0.2, 0.25) is 0 Å². The SMILES string of the molecule is CCn1nc(C)cc1C(=O)Nc1nc2cc(C(N)=O)cc3c2n1C/C=C/Cn1c(NC(=O)c2cc(C)nn2CC)nc2cc(C(=O)N[C@H]4CC[C@H](/C(N)=N/N)CC4)cc(c21)OCCCO3. The maximum Gasteiger partial charge on any atom is 0.276 e. The molecule has 0 unspecified atom stereocenters.